The highest BCUT2D eigenvalue weighted by Crippen LogP contribution is 2.28. The maximum atomic E-state index is 12.9. The van der Waals surface area contributed by atoms with Crippen LogP contribution in [0.3, 0.4) is 0 Å². The Morgan fingerprint density at radius 3 is 2.15 bits per heavy atom. The molecule has 1 saturated carbocycles. The van der Waals surface area contributed by atoms with Crippen molar-refractivity contribution in [2.24, 2.45) is 0 Å². The van der Waals surface area contributed by atoms with Crippen molar-refractivity contribution in [2.75, 3.05) is 0 Å². The minimum Gasteiger partial charge on any atom is -0.207 e. The second-order valence-corrected chi connectivity index (χ2v) is 6.85. The van der Waals surface area contributed by atoms with Crippen LogP contribution < -0.4 is 4.72 Å². The fourth-order valence-corrected chi connectivity index (χ4v) is 3.88. The van der Waals surface area contributed by atoms with E-state index in [-0.39, 0.29) is 4.90 Å². The highest BCUT2D eigenvalue weighted by Gasteiger charge is 2.35. The molecule has 4 nitrogen and oxygen atoms in total. The van der Waals surface area contributed by atoms with Gasteiger partial charge in [-0.2, -0.15) is 9.98 Å². The lowest BCUT2D eigenvalue weighted by Gasteiger charge is -2.25. The number of hydrogen-bond acceptors (Lipinski definition) is 3. The number of benzene rings is 1. The Morgan fingerprint density at radius 1 is 1.10 bits per heavy atom. The second kappa shape index (κ2) is 5.90. The Kier molecular flexibility index (Phi) is 4.41. The van der Waals surface area contributed by atoms with Gasteiger partial charge in [0.25, 0.3) is 0 Å². The van der Waals surface area contributed by atoms with Crippen molar-refractivity contribution in [3.05, 3.63) is 30.1 Å². The van der Waals surface area contributed by atoms with Crippen LogP contribution in [0.25, 0.3) is 0 Å². The van der Waals surface area contributed by atoms with Gasteiger partial charge in [0.15, 0.2) is 0 Å². The molecule has 1 fully saturated rings. The summed E-state index contributed by atoms with van der Waals surface area (Å²) in [6.07, 6.45) is 4.73. The highest BCUT2D eigenvalue weighted by atomic mass is 32.2. The quantitative estimate of drug-likeness (QED) is 0.872. The topological polar surface area (TPSA) is 70.0 Å². The molecule has 20 heavy (non-hydrogen) atoms. The van der Waals surface area contributed by atoms with Gasteiger partial charge in [-0.3, -0.25) is 0 Å². The zero-order chi connectivity index (χ0) is 14.6. The third-order valence-corrected chi connectivity index (χ3v) is 5.18. The van der Waals surface area contributed by atoms with Crippen LogP contribution >= 0.6 is 0 Å². The van der Waals surface area contributed by atoms with Gasteiger partial charge in [0.1, 0.15) is 11.4 Å². The summed E-state index contributed by atoms with van der Waals surface area (Å²) in [4.78, 5) is -0.0160. The van der Waals surface area contributed by atoms with Crippen molar-refractivity contribution >= 4 is 10.0 Å². The molecule has 1 aliphatic rings. The highest BCUT2D eigenvalue weighted by molar-refractivity contribution is 7.89. The smallest absolute Gasteiger partial charge is 0.207 e. The van der Waals surface area contributed by atoms with Gasteiger partial charge in [-0.05, 0) is 37.1 Å². The Labute approximate surface area is 118 Å². The molecule has 1 aromatic carbocycles. The summed E-state index contributed by atoms with van der Waals surface area (Å²) in [5.41, 5.74) is -1.04. The summed E-state index contributed by atoms with van der Waals surface area (Å²) in [7, 11) is -3.80. The van der Waals surface area contributed by atoms with E-state index in [0.29, 0.717) is 12.8 Å². The normalized spacial score (nSPS) is 19.0. The van der Waals surface area contributed by atoms with Crippen LogP contribution in [0.2, 0.25) is 0 Å². The Morgan fingerprint density at radius 2 is 1.65 bits per heavy atom. The van der Waals surface area contributed by atoms with E-state index in [1.54, 1.807) is 0 Å². The third kappa shape index (κ3) is 3.35. The van der Waals surface area contributed by atoms with E-state index < -0.39 is 21.4 Å². The molecule has 0 spiro atoms. The molecule has 0 unspecified atom stereocenters. The minimum absolute atomic E-state index is 0.0160. The van der Waals surface area contributed by atoms with Crippen molar-refractivity contribution in [3.8, 4) is 6.07 Å². The van der Waals surface area contributed by atoms with Gasteiger partial charge in [0.2, 0.25) is 10.0 Å². The lowest BCUT2D eigenvalue weighted by molar-refractivity contribution is 0.422. The number of nitrogens with one attached hydrogen (secondary N) is 1. The van der Waals surface area contributed by atoms with Gasteiger partial charge in [0, 0.05) is 0 Å². The zero-order valence-corrected chi connectivity index (χ0v) is 11.9. The van der Waals surface area contributed by atoms with E-state index in [4.69, 9.17) is 0 Å². The molecule has 0 saturated heterocycles. The summed E-state index contributed by atoms with van der Waals surface area (Å²) in [6.45, 7) is 0. The molecule has 0 bridgehead atoms. The second-order valence-electron chi connectivity index (χ2n) is 5.17. The van der Waals surface area contributed by atoms with E-state index in [9.17, 15) is 18.1 Å². The van der Waals surface area contributed by atoms with Crippen LogP contribution in [-0.4, -0.2) is 14.0 Å². The number of halogens is 1. The first-order valence-electron chi connectivity index (χ1n) is 6.68. The van der Waals surface area contributed by atoms with Crippen LogP contribution in [0, 0.1) is 17.1 Å². The van der Waals surface area contributed by atoms with Crippen molar-refractivity contribution in [2.45, 2.75) is 49.0 Å². The summed E-state index contributed by atoms with van der Waals surface area (Å²) in [5, 5.41) is 9.38. The molecule has 0 heterocycles. The maximum Gasteiger partial charge on any atom is 0.241 e. The minimum atomic E-state index is -3.80. The van der Waals surface area contributed by atoms with Crippen LogP contribution in [0.4, 0.5) is 4.39 Å². The zero-order valence-electron chi connectivity index (χ0n) is 11.1. The van der Waals surface area contributed by atoms with Crippen LogP contribution in [-0.2, 0) is 10.0 Å². The van der Waals surface area contributed by atoms with Crippen molar-refractivity contribution in [3.63, 3.8) is 0 Å². The summed E-state index contributed by atoms with van der Waals surface area (Å²) >= 11 is 0. The molecule has 1 aliphatic carbocycles. The monoisotopic (exact) mass is 296 g/mol. The van der Waals surface area contributed by atoms with Gasteiger partial charge >= 0.3 is 0 Å². The first-order valence-corrected chi connectivity index (χ1v) is 8.17. The van der Waals surface area contributed by atoms with Gasteiger partial charge in [-0.15, -0.1) is 0 Å². The SMILES string of the molecule is N#CC1(NS(=O)(=O)c2ccc(F)cc2)CCCCCC1. The van der Waals surface area contributed by atoms with Crippen molar-refractivity contribution < 1.29 is 12.8 Å². The predicted octanol–water partition coefficient (Wildman–Crippen LogP) is 2.72. The molecular formula is C14H17FN2O2S. The van der Waals surface area contributed by atoms with Crippen molar-refractivity contribution in [1.82, 2.24) is 4.72 Å². The standard InChI is InChI=1S/C14H17FN2O2S/c15-12-5-7-13(8-6-12)20(18,19)17-14(11-16)9-3-1-2-4-10-14/h5-8,17H,1-4,9-10H2. The predicted molar refractivity (Wildman–Crippen MR) is 72.8 cm³/mol. The van der Waals surface area contributed by atoms with Gasteiger partial charge in [0.05, 0.1) is 11.0 Å². The van der Waals surface area contributed by atoms with Gasteiger partial charge in [-0.25, -0.2) is 12.8 Å². The summed E-state index contributed by atoms with van der Waals surface area (Å²) < 4.78 is 40.0. The first kappa shape index (κ1) is 14.9. The molecular weight excluding hydrogens is 279 g/mol. The average molecular weight is 296 g/mol. The van der Waals surface area contributed by atoms with Crippen LogP contribution in [0.15, 0.2) is 29.2 Å². The summed E-state index contributed by atoms with van der Waals surface area (Å²) in [5.74, 6) is -0.492. The lowest BCUT2D eigenvalue weighted by Crippen LogP contribution is -2.46. The number of rotatable bonds is 3. The fourth-order valence-electron chi connectivity index (χ4n) is 2.50. The fraction of sp³-hybridized carbons (Fsp3) is 0.500. The maximum absolute atomic E-state index is 12.9. The molecule has 6 heteroatoms. The Balaban J connectivity index is 2.26. The van der Waals surface area contributed by atoms with E-state index in [0.717, 1.165) is 37.8 Å². The van der Waals surface area contributed by atoms with E-state index >= 15 is 0 Å². The number of nitriles is 1. The average Bonchev–Trinajstić information content (AvgIpc) is 2.65. The number of nitrogens with zero attached hydrogens (tertiary/aromatic N) is 1. The molecule has 0 aromatic heterocycles. The first-order chi connectivity index (χ1) is 9.47. The van der Waals surface area contributed by atoms with E-state index in [1.165, 1.54) is 12.1 Å². The Bertz CT molecular complexity index is 597. The molecule has 2 rings (SSSR count). The van der Waals surface area contributed by atoms with Gasteiger partial charge in [-0.1, -0.05) is 25.7 Å². The molecule has 1 aromatic rings. The molecule has 0 atom stereocenters. The molecule has 1 N–H and O–H groups in total. The van der Waals surface area contributed by atoms with Crippen LogP contribution in [0.5, 0.6) is 0 Å². The number of sulfonamides is 1. The molecule has 0 aliphatic heterocycles. The third-order valence-electron chi connectivity index (χ3n) is 3.62. The van der Waals surface area contributed by atoms with Gasteiger partial charge < -0.3 is 0 Å². The van der Waals surface area contributed by atoms with E-state index in [2.05, 4.69) is 10.8 Å². The molecule has 0 amide bonds. The Hall–Kier alpha value is -1.45. The number of hydrogen-bond donors (Lipinski definition) is 1. The summed E-state index contributed by atoms with van der Waals surface area (Å²) in [6, 6.07) is 6.74. The largest absolute Gasteiger partial charge is 0.241 e. The molecule has 108 valence electrons. The van der Waals surface area contributed by atoms with Crippen LogP contribution in [0.1, 0.15) is 38.5 Å². The van der Waals surface area contributed by atoms with Crippen molar-refractivity contribution in [1.29, 1.82) is 5.26 Å². The molecule has 0 radical (unpaired) electrons. The lowest BCUT2D eigenvalue weighted by atomic mass is 9.94. The van der Waals surface area contributed by atoms with E-state index in [1.807, 2.05) is 0 Å².